The first-order valence-corrected chi connectivity index (χ1v) is 5.48. The summed E-state index contributed by atoms with van der Waals surface area (Å²) in [7, 11) is 0. The van der Waals surface area contributed by atoms with Gasteiger partial charge in [-0.05, 0) is 30.9 Å². The van der Waals surface area contributed by atoms with Gasteiger partial charge in [0.05, 0.1) is 12.2 Å². The molecule has 1 unspecified atom stereocenters. The van der Waals surface area contributed by atoms with E-state index in [1.807, 2.05) is 25.4 Å². The molecule has 3 nitrogen and oxygen atoms in total. The van der Waals surface area contributed by atoms with E-state index < -0.39 is 0 Å². The third kappa shape index (κ3) is 3.77. The number of aliphatic hydroxyl groups is 1. The van der Waals surface area contributed by atoms with E-state index in [1.165, 1.54) is 0 Å². The Labute approximate surface area is 91.0 Å². The highest BCUT2D eigenvalue weighted by molar-refractivity contribution is 5.13. The lowest BCUT2D eigenvalue weighted by Crippen LogP contribution is -1.96. The lowest BCUT2D eigenvalue weighted by atomic mass is 10.1. The van der Waals surface area contributed by atoms with E-state index in [-0.39, 0.29) is 6.10 Å². The maximum atomic E-state index is 9.60. The first-order chi connectivity index (χ1) is 7.27. The second kappa shape index (κ2) is 6.26. The molecule has 0 spiro atoms. The van der Waals surface area contributed by atoms with Crippen LogP contribution in [0.1, 0.15) is 44.3 Å². The van der Waals surface area contributed by atoms with E-state index in [4.69, 9.17) is 5.26 Å². The number of aryl methyl sites for hydroxylation is 1. The molecule has 3 heteroatoms. The normalized spacial score (nSPS) is 12.3. The van der Waals surface area contributed by atoms with Crippen LogP contribution in [0.25, 0.3) is 0 Å². The predicted octanol–water partition coefficient (Wildman–Crippen LogP) is 2.63. The Hall–Kier alpha value is -1.27. The summed E-state index contributed by atoms with van der Waals surface area (Å²) in [6.07, 6.45) is 6.97. The van der Waals surface area contributed by atoms with Crippen molar-refractivity contribution in [2.24, 2.45) is 0 Å². The van der Waals surface area contributed by atoms with Crippen LogP contribution in [0, 0.1) is 11.3 Å². The highest BCUT2D eigenvalue weighted by Gasteiger charge is 2.05. The van der Waals surface area contributed by atoms with Gasteiger partial charge in [0.2, 0.25) is 0 Å². The van der Waals surface area contributed by atoms with Crippen LogP contribution in [0.15, 0.2) is 18.5 Å². The number of aromatic nitrogens is 1. The Morgan fingerprint density at radius 2 is 2.33 bits per heavy atom. The molecule has 15 heavy (non-hydrogen) atoms. The van der Waals surface area contributed by atoms with Crippen LogP contribution in [0.4, 0.5) is 0 Å². The number of aliphatic hydroxyl groups excluding tert-OH is 1. The van der Waals surface area contributed by atoms with E-state index in [9.17, 15) is 5.11 Å². The minimum Gasteiger partial charge on any atom is -0.388 e. The highest BCUT2D eigenvalue weighted by Crippen LogP contribution is 2.16. The molecule has 1 heterocycles. The van der Waals surface area contributed by atoms with E-state index in [2.05, 4.69) is 10.6 Å². The van der Waals surface area contributed by atoms with Crippen LogP contribution in [-0.4, -0.2) is 9.67 Å². The summed E-state index contributed by atoms with van der Waals surface area (Å²) in [5.41, 5.74) is 0.984. The molecule has 0 amide bonds. The fourth-order valence-electron chi connectivity index (χ4n) is 1.53. The van der Waals surface area contributed by atoms with Crippen molar-refractivity contribution in [2.75, 3.05) is 0 Å². The second-order valence-corrected chi connectivity index (χ2v) is 3.72. The first kappa shape index (κ1) is 11.8. The van der Waals surface area contributed by atoms with Crippen molar-refractivity contribution in [3.05, 3.63) is 24.0 Å². The zero-order valence-electron chi connectivity index (χ0n) is 9.19. The van der Waals surface area contributed by atoms with E-state index in [1.54, 1.807) is 0 Å². The number of nitrogens with zero attached hydrogens (tertiary/aromatic N) is 2. The van der Waals surface area contributed by atoms with Gasteiger partial charge in [0.1, 0.15) is 0 Å². The summed E-state index contributed by atoms with van der Waals surface area (Å²) < 4.78 is 2.07. The van der Waals surface area contributed by atoms with E-state index >= 15 is 0 Å². The predicted molar refractivity (Wildman–Crippen MR) is 59.1 cm³/mol. The van der Waals surface area contributed by atoms with Crippen molar-refractivity contribution < 1.29 is 5.11 Å². The van der Waals surface area contributed by atoms with Gasteiger partial charge in [-0.2, -0.15) is 5.26 Å². The number of hydrogen-bond donors (Lipinski definition) is 1. The summed E-state index contributed by atoms with van der Waals surface area (Å²) in [5.74, 6) is 0. The third-order valence-corrected chi connectivity index (χ3v) is 2.50. The van der Waals surface area contributed by atoms with Crippen molar-refractivity contribution in [3.8, 4) is 6.07 Å². The molecular weight excluding hydrogens is 188 g/mol. The first-order valence-electron chi connectivity index (χ1n) is 5.48. The Bertz CT molecular complexity index is 325. The molecule has 0 aliphatic rings. The molecule has 0 aromatic carbocycles. The number of hydrogen-bond acceptors (Lipinski definition) is 2. The van der Waals surface area contributed by atoms with E-state index in [0.717, 1.165) is 31.4 Å². The number of rotatable bonds is 6. The zero-order chi connectivity index (χ0) is 11.1. The minimum atomic E-state index is -0.342. The van der Waals surface area contributed by atoms with E-state index in [0.29, 0.717) is 6.42 Å². The number of unbranched alkanes of at least 4 members (excludes halogenated alkanes) is 2. The highest BCUT2D eigenvalue weighted by atomic mass is 16.3. The number of nitriles is 1. The summed E-state index contributed by atoms with van der Waals surface area (Å²) in [4.78, 5) is 0. The Kier molecular flexibility index (Phi) is 4.92. The summed E-state index contributed by atoms with van der Waals surface area (Å²) in [6, 6.07) is 4.09. The average Bonchev–Trinajstić information content (AvgIpc) is 2.72. The largest absolute Gasteiger partial charge is 0.388 e. The van der Waals surface area contributed by atoms with Crippen molar-refractivity contribution in [3.63, 3.8) is 0 Å². The fourth-order valence-corrected chi connectivity index (χ4v) is 1.53. The summed E-state index contributed by atoms with van der Waals surface area (Å²) in [5, 5.41) is 18.0. The minimum absolute atomic E-state index is 0.342. The van der Waals surface area contributed by atoms with Gasteiger partial charge in [0, 0.05) is 25.4 Å². The van der Waals surface area contributed by atoms with Gasteiger partial charge in [-0.25, -0.2) is 0 Å². The monoisotopic (exact) mass is 206 g/mol. The second-order valence-electron chi connectivity index (χ2n) is 3.72. The molecule has 0 fully saturated rings. The van der Waals surface area contributed by atoms with Crippen LogP contribution < -0.4 is 0 Å². The standard InChI is InChI=1S/C12H18N2O/c1-2-12(15)11-6-9-14(10-11)8-5-3-4-7-13/h6,9-10,12,15H,2-5,8H2,1H3. The quantitative estimate of drug-likeness (QED) is 0.727. The molecule has 0 radical (unpaired) electrons. The van der Waals surface area contributed by atoms with Gasteiger partial charge < -0.3 is 9.67 Å². The molecule has 1 atom stereocenters. The molecule has 0 saturated heterocycles. The lowest BCUT2D eigenvalue weighted by Gasteiger charge is -2.04. The maximum Gasteiger partial charge on any atom is 0.0802 e. The topological polar surface area (TPSA) is 49.0 Å². The van der Waals surface area contributed by atoms with Gasteiger partial charge in [0.15, 0.2) is 0 Å². The van der Waals surface area contributed by atoms with Crippen molar-refractivity contribution >= 4 is 0 Å². The Morgan fingerprint density at radius 3 is 3.00 bits per heavy atom. The summed E-state index contributed by atoms with van der Waals surface area (Å²) in [6.45, 7) is 2.90. The molecule has 1 aromatic rings. The molecule has 0 aliphatic carbocycles. The third-order valence-electron chi connectivity index (χ3n) is 2.50. The van der Waals surface area contributed by atoms with Crippen LogP contribution in [0.3, 0.4) is 0 Å². The fraction of sp³-hybridized carbons (Fsp3) is 0.583. The molecule has 1 N–H and O–H groups in total. The molecular formula is C12H18N2O. The van der Waals surface area contributed by atoms with Crippen LogP contribution >= 0.6 is 0 Å². The van der Waals surface area contributed by atoms with Gasteiger partial charge in [-0.15, -0.1) is 0 Å². The Morgan fingerprint density at radius 1 is 1.53 bits per heavy atom. The van der Waals surface area contributed by atoms with Crippen molar-refractivity contribution in [1.82, 2.24) is 4.57 Å². The van der Waals surface area contributed by atoms with Gasteiger partial charge >= 0.3 is 0 Å². The van der Waals surface area contributed by atoms with Crippen molar-refractivity contribution in [1.29, 1.82) is 5.26 Å². The molecule has 0 aliphatic heterocycles. The smallest absolute Gasteiger partial charge is 0.0802 e. The SMILES string of the molecule is CCC(O)c1ccn(CCCCC#N)c1. The molecule has 82 valence electrons. The molecule has 0 saturated carbocycles. The van der Waals surface area contributed by atoms with Crippen molar-refractivity contribution in [2.45, 2.75) is 45.3 Å². The molecule has 1 rings (SSSR count). The average molecular weight is 206 g/mol. The van der Waals surface area contributed by atoms with Crippen LogP contribution in [0.5, 0.6) is 0 Å². The van der Waals surface area contributed by atoms with Crippen LogP contribution in [-0.2, 0) is 6.54 Å². The van der Waals surface area contributed by atoms with Crippen LogP contribution in [0.2, 0.25) is 0 Å². The Balaban J connectivity index is 2.36. The maximum absolute atomic E-state index is 9.60. The lowest BCUT2D eigenvalue weighted by molar-refractivity contribution is 0.173. The van der Waals surface area contributed by atoms with Gasteiger partial charge in [-0.3, -0.25) is 0 Å². The zero-order valence-corrected chi connectivity index (χ0v) is 9.19. The molecule has 0 bridgehead atoms. The molecule has 1 aromatic heterocycles. The van der Waals surface area contributed by atoms with Gasteiger partial charge in [0.25, 0.3) is 0 Å². The summed E-state index contributed by atoms with van der Waals surface area (Å²) >= 11 is 0. The van der Waals surface area contributed by atoms with Gasteiger partial charge in [-0.1, -0.05) is 6.92 Å².